The quantitative estimate of drug-likeness (QED) is 0.518. The van der Waals surface area contributed by atoms with Gasteiger partial charge in [-0.2, -0.15) is 0 Å². The molecule has 4 aromatic rings. The van der Waals surface area contributed by atoms with E-state index in [1.165, 1.54) is 0 Å². The number of anilines is 4. The second-order valence-electron chi connectivity index (χ2n) is 6.24. The number of rotatable bonds is 6. The van der Waals surface area contributed by atoms with Crippen LogP contribution in [0.25, 0.3) is 11.0 Å². The Balaban J connectivity index is 1.62. The predicted molar refractivity (Wildman–Crippen MR) is 111 cm³/mol. The third-order valence-corrected chi connectivity index (χ3v) is 4.45. The zero-order valence-electron chi connectivity index (χ0n) is 15.9. The second kappa shape index (κ2) is 7.48. The van der Waals surface area contributed by atoms with Crippen molar-refractivity contribution in [3.8, 4) is 11.5 Å². The van der Waals surface area contributed by atoms with Gasteiger partial charge in [-0.3, -0.25) is 0 Å². The number of hydrogen-bond acceptors (Lipinski definition) is 6. The van der Waals surface area contributed by atoms with Gasteiger partial charge in [-0.25, -0.2) is 9.97 Å². The van der Waals surface area contributed by atoms with Crippen LogP contribution in [0.4, 0.5) is 23.1 Å². The van der Waals surface area contributed by atoms with Crippen LogP contribution in [-0.4, -0.2) is 28.8 Å². The van der Waals surface area contributed by atoms with Crippen molar-refractivity contribution in [2.24, 2.45) is 7.05 Å². The van der Waals surface area contributed by atoms with Gasteiger partial charge < -0.3 is 24.7 Å². The molecule has 0 aliphatic carbocycles. The third kappa shape index (κ3) is 3.42. The van der Waals surface area contributed by atoms with Gasteiger partial charge in [-0.15, -0.1) is 0 Å². The first kappa shape index (κ1) is 17.7. The molecule has 2 aromatic carbocycles. The summed E-state index contributed by atoms with van der Waals surface area (Å²) in [6.45, 7) is 0. The number of hydrogen-bond donors (Lipinski definition) is 2. The van der Waals surface area contributed by atoms with Crippen LogP contribution in [0.3, 0.4) is 0 Å². The fourth-order valence-corrected chi connectivity index (χ4v) is 2.99. The number of fused-ring (bicyclic) bond motifs is 1. The van der Waals surface area contributed by atoms with Gasteiger partial charge in [0.1, 0.15) is 11.3 Å². The maximum absolute atomic E-state index is 5.36. The Morgan fingerprint density at radius 3 is 2.39 bits per heavy atom. The van der Waals surface area contributed by atoms with Crippen LogP contribution in [0.2, 0.25) is 0 Å². The Kier molecular flexibility index (Phi) is 4.72. The molecule has 0 aliphatic heterocycles. The molecule has 0 bridgehead atoms. The summed E-state index contributed by atoms with van der Waals surface area (Å²) in [5.41, 5.74) is 3.63. The van der Waals surface area contributed by atoms with Crippen LogP contribution in [-0.2, 0) is 7.05 Å². The molecule has 2 heterocycles. The number of nitrogens with one attached hydrogen (secondary N) is 2. The molecule has 28 heavy (non-hydrogen) atoms. The van der Waals surface area contributed by atoms with Crippen molar-refractivity contribution in [1.82, 2.24) is 14.5 Å². The molecule has 0 saturated heterocycles. The summed E-state index contributed by atoms with van der Waals surface area (Å²) in [6.07, 6.45) is 1.76. The van der Waals surface area contributed by atoms with Gasteiger partial charge in [-0.05, 0) is 24.3 Å². The first-order valence-electron chi connectivity index (χ1n) is 8.81. The van der Waals surface area contributed by atoms with Gasteiger partial charge in [0, 0.05) is 30.6 Å². The molecule has 0 atom stereocenters. The number of methoxy groups -OCH3 is 2. The lowest BCUT2D eigenvalue weighted by Gasteiger charge is -2.11. The van der Waals surface area contributed by atoms with Crippen LogP contribution in [0, 0.1) is 0 Å². The zero-order chi connectivity index (χ0) is 19.5. The Hall–Kier alpha value is -3.74. The molecule has 0 aliphatic rings. The van der Waals surface area contributed by atoms with E-state index < -0.39 is 0 Å². The Labute approximate surface area is 163 Å². The number of aromatic nitrogens is 3. The fourth-order valence-electron chi connectivity index (χ4n) is 2.99. The van der Waals surface area contributed by atoms with Crippen LogP contribution in [0.1, 0.15) is 0 Å². The van der Waals surface area contributed by atoms with E-state index in [-0.39, 0.29) is 0 Å². The lowest BCUT2D eigenvalue weighted by atomic mass is 10.2. The second-order valence-corrected chi connectivity index (χ2v) is 6.24. The van der Waals surface area contributed by atoms with Gasteiger partial charge in [0.15, 0.2) is 11.5 Å². The van der Waals surface area contributed by atoms with Crippen molar-refractivity contribution in [2.75, 3.05) is 24.9 Å². The molecule has 0 saturated carbocycles. The number of imidazole rings is 1. The molecule has 142 valence electrons. The largest absolute Gasteiger partial charge is 0.493 e. The molecule has 0 spiro atoms. The maximum atomic E-state index is 5.36. The molecule has 0 fully saturated rings. The monoisotopic (exact) mass is 375 g/mol. The predicted octanol–water partition coefficient (Wildman–Crippen LogP) is 4.47. The molecule has 2 N–H and O–H groups in total. The number of aryl methyl sites for hydroxylation is 1. The fraction of sp³-hybridized carbons (Fsp3) is 0.143. The first-order valence-corrected chi connectivity index (χ1v) is 8.81. The highest BCUT2D eigenvalue weighted by atomic mass is 16.5. The summed E-state index contributed by atoms with van der Waals surface area (Å²) in [5.74, 6) is 2.81. The zero-order valence-corrected chi connectivity index (χ0v) is 15.9. The van der Waals surface area contributed by atoms with E-state index in [2.05, 4.69) is 20.6 Å². The van der Waals surface area contributed by atoms with Crippen molar-refractivity contribution in [1.29, 1.82) is 0 Å². The van der Waals surface area contributed by atoms with Gasteiger partial charge in [0.2, 0.25) is 5.95 Å². The van der Waals surface area contributed by atoms with E-state index in [4.69, 9.17) is 9.47 Å². The standard InChI is InChI=1S/C21H21N5O2/c1-26-17-12-20(23-15-9-10-18(27-2)19(11-15)28-3)22-13-16(17)25-21(26)24-14-7-5-4-6-8-14/h4-13H,1-3H3,(H,22,23)(H,24,25). The van der Waals surface area contributed by atoms with Crippen molar-refractivity contribution in [3.05, 3.63) is 60.8 Å². The molecule has 0 unspecified atom stereocenters. The molecule has 7 heteroatoms. The topological polar surface area (TPSA) is 73.2 Å². The Morgan fingerprint density at radius 1 is 0.857 bits per heavy atom. The smallest absolute Gasteiger partial charge is 0.208 e. The van der Waals surface area contributed by atoms with E-state index in [1.807, 2.05) is 66.2 Å². The average Bonchev–Trinajstić information content (AvgIpc) is 3.04. The number of ether oxygens (including phenoxy) is 2. The minimum Gasteiger partial charge on any atom is -0.493 e. The Morgan fingerprint density at radius 2 is 1.64 bits per heavy atom. The molecule has 2 aromatic heterocycles. The van der Waals surface area contributed by atoms with Gasteiger partial charge in [0.05, 0.1) is 25.9 Å². The first-order chi connectivity index (χ1) is 13.7. The summed E-state index contributed by atoms with van der Waals surface area (Å²) in [7, 11) is 5.20. The van der Waals surface area contributed by atoms with Crippen molar-refractivity contribution in [2.45, 2.75) is 0 Å². The van der Waals surface area contributed by atoms with E-state index >= 15 is 0 Å². The number of pyridine rings is 1. The summed E-state index contributed by atoms with van der Waals surface area (Å²) in [4.78, 5) is 9.11. The maximum Gasteiger partial charge on any atom is 0.208 e. The minimum atomic E-state index is 0.656. The van der Waals surface area contributed by atoms with Crippen molar-refractivity contribution >= 4 is 34.2 Å². The number of nitrogens with zero attached hydrogens (tertiary/aromatic N) is 3. The average molecular weight is 375 g/mol. The SMILES string of the molecule is COc1ccc(Nc2cc3c(cn2)nc(Nc2ccccc2)n3C)cc1OC. The lowest BCUT2D eigenvalue weighted by molar-refractivity contribution is 0.355. The lowest BCUT2D eigenvalue weighted by Crippen LogP contribution is -1.99. The summed E-state index contributed by atoms with van der Waals surface area (Å²) >= 11 is 0. The molecule has 0 radical (unpaired) electrons. The molecular weight excluding hydrogens is 354 g/mol. The van der Waals surface area contributed by atoms with Crippen molar-refractivity contribution < 1.29 is 9.47 Å². The highest BCUT2D eigenvalue weighted by molar-refractivity contribution is 5.82. The third-order valence-electron chi connectivity index (χ3n) is 4.45. The van der Waals surface area contributed by atoms with Crippen LogP contribution in [0.5, 0.6) is 11.5 Å². The molecule has 0 amide bonds. The van der Waals surface area contributed by atoms with Crippen molar-refractivity contribution in [3.63, 3.8) is 0 Å². The molecule has 4 rings (SSSR count). The Bertz CT molecular complexity index is 1110. The van der Waals surface area contributed by atoms with Gasteiger partial charge >= 0.3 is 0 Å². The van der Waals surface area contributed by atoms with Crippen LogP contribution >= 0.6 is 0 Å². The van der Waals surface area contributed by atoms with E-state index in [9.17, 15) is 0 Å². The van der Waals surface area contributed by atoms with Crippen LogP contribution in [0.15, 0.2) is 60.8 Å². The van der Waals surface area contributed by atoms with E-state index in [0.29, 0.717) is 17.3 Å². The molecule has 7 nitrogen and oxygen atoms in total. The van der Waals surface area contributed by atoms with Gasteiger partial charge in [-0.1, -0.05) is 18.2 Å². The van der Waals surface area contributed by atoms with Gasteiger partial charge in [0.25, 0.3) is 0 Å². The summed E-state index contributed by atoms with van der Waals surface area (Å²) in [6, 6.07) is 17.6. The minimum absolute atomic E-state index is 0.656. The normalized spacial score (nSPS) is 10.7. The van der Waals surface area contributed by atoms with E-state index in [1.54, 1.807) is 20.4 Å². The highest BCUT2D eigenvalue weighted by Crippen LogP contribution is 2.31. The van der Waals surface area contributed by atoms with Crippen LogP contribution < -0.4 is 20.1 Å². The molecular formula is C21H21N5O2. The van der Waals surface area contributed by atoms with E-state index in [0.717, 1.165) is 28.4 Å². The highest BCUT2D eigenvalue weighted by Gasteiger charge is 2.10. The number of benzene rings is 2. The number of para-hydroxylation sites is 1. The summed E-state index contributed by atoms with van der Waals surface area (Å²) in [5, 5.41) is 6.63. The summed E-state index contributed by atoms with van der Waals surface area (Å²) < 4.78 is 12.6.